The number of benzene rings is 1. The van der Waals surface area contributed by atoms with Gasteiger partial charge in [0.15, 0.2) is 0 Å². The van der Waals surface area contributed by atoms with Crippen molar-refractivity contribution >= 4 is 22.4 Å². The number of methoxy groups -OCH3 is 1. The summed E-state index contributed by atoms with van der Waals surface area (Å²) in [4.78, 5) is 18.0. The maximum atomic E-state index is 12.8. The van der Waals surface area contributed by atoms with Crippen LogP contribution < -0.4 is 0 Å². The molecule has 29 heavy (non-hydrogen) atoms. The molecule has 0 saturated carbocycles. The number of carbonyl (C=O) groups is 1. The quantitative estimate of drug-likeness (QED) is 0.671. The van der Waals surface area contributed by atoms with Crippen LogP contribution in [0.25, 0.3) is 16.5 Å². The molecule has 0 aliphatic heterocycles. The third-order valence-electron chi connectivity index (χ3n) is 6.26. The van der Waals surface area contributed by atoms with E-state index in [1.807, 2.05) is 32.2 Å². The molecule has 1 aliphatic rings. The lowest BCUT2D eigenvalue weighted by Crippen LogP contribution is -2.37. The Bertz CT molecular complexity index is 964. The summed E-state index contributed by atoms with van der Waals surface area (Å²) in [5.74, 6) is -0.000471. The molecule has 1 unspecified atom stereocenters. The molecule has 4 nitrogen and oxygen atoms in total. The van der Waals surface area contributed by atoms with E-state index < -0.39 is 0 Å². The van der Waals surface area contributed by atoms with E-state index in [9.17, 15) is 4.79 Å². The Labute approximate surface area is 174 Å². The molecule has 1 N–H and O–H groups in total. The zero-order chi connectivity index (χ0) is 21.3. The molecular weight excluding hydrogens is 360 g/mol. The minimum atomic E-state index is -0.000471. The number of hydrogen-bond acceptors (Lipinski definition) is 2. The van der Waals surface area contributed by atoms with Crippen LogP contribution >= 0.6 is 0 Å². The number of allylic oxidation sites excluding steroid dienone is 3. The van der Waals surface area contributed by atoms with Crippen molar-refractivity contribution in [2.75, 3.05) is 20.8 Å². The highest BCUT2D eigenvalue weighted by Crippen LogP contribution is 2.42. The molecule has 3 rings (SSSR count). The van der Waals surface area contributed by atoms with Gasteiger partial charge in [-0.3, -0.25) is 4.79 Å². The van der Waals surface area contributed by atoms with Crippen molar-refractivity contribution < 1.29 is 9.53 Å². The molecule has 1 atom stereocenters. The number of nitrogens with zero attached hydrogens (tertiary/aromatic N) is 1. The Balaban J connectivity index is 1.86. The van der Waals surface area contributed by atoms with Gasteiger partial charge in [-0.2, -0.15) is 0 Å². The molecule has 1 aromatic carbocycles. The Morgan fingerprint density at radius 2 is 2.07 bits per heavy atom. The molecule has 0 radical (unpaired) electrons. The summed E-state index contributed by atoms with van der Waals surface area (Å²) in [5, 5.41) is 1.10. The third kappa shape index (κ3) is 4.48. The van der Waals surface area contributed by atoms with Gasteiger partial charge in [0.1, 0.15) is 0 Å². The Morgan fingerprint density at radius 1 is 1.34 bits per heavy atom. The minimum absolute atomic E-state index is 0.000471. The molecular formula is C25H34N2O2. The maximum Gasteiger partial charge on any atom is 0.253 e. The number of aromatic amines is 1. The SMILES string of the molecule is C=C(C1=C(C)CC(C)(C)CC1)c1cc2ccc(C(=O)N(C)C(C)COC)cc2[nH]1. The highest BCUT2D eigenvalue weighted by Gasteiger charge is 2.26. The summed E-state index contributed by atoms with van der Waals surface area (Å²) < 4.78 is 5.18. The average molecular weight is 395 g/mol. The fourth-order valence-corrected chi connectivity index (χ4v) is 4.34. The van der Waals surface area contributed by atoms with E-state index in [-0.39, 0.29) is 11.9 Å². The lowest BCUT2D eigenvalue weighted by Gasteiger charge is -2.32. The van der Waals surface area contributed by atoms with Crippen LogP contribution in [0.15, 0.2) is 42.0 Å². The van der Waals surface area contributed by atoms with Crippen LogP contribution in [0.1, 0.15) is 63.0 Å². The lowest BCUT2D eigenvalue weighted by atomic mass is 9.73. The van der Waals surface area contributed by atoms with Gasteiger partial charge in [0, 0.05) is 36.3 Å². The first kappa shape index (κ1) is 21.4. The van der Waals surface area contributed by atoms with Crippen molar-refractivity contribution in [3.63, 3.8) is 0 Å². The van der Waals surface area contributed by atoms with E-state index in [4.69, 9.17) is 4.74 Å². The van der Waals surface area contributed by atoms with Gasteiger partial charge in [0.05, 0.1) is 12.6 Å². The number of nitrogens with one attached hydrogen (secondary N) is 1. The van der Waals surface area contributed by atoms with Gasteiger partial charge in [-0.05, 0) is 67.9 Å². The van der Waals surface area contributed by atoms with Crippen LogP contribution in [-0.4, -0.2) is 42.6 Å². The van der Waals surface area contributed by atoms with Crippen LogP contribution in [0.5, 0.6) is 0 Å². The van der Waals surface area contributed by atoms with Crippen LogP contribution in [0, 0.1) is 5.41 Å². The second-order valence-corrected chi connectivity index (χ2v) is 9.28. The zero-order valence-corrected chi connectivity index (χ0v) is 18.7. The highest BCUT2D eigenvalue weighted by atomic mass is 16.5. The third-order valence-corrected chi connectivity index (χ3v) is 6.26. The van der Waals surface area contributed by atoms with Crippen LogP contribution in [-0.2, 0) is 4.74 Å². The number of H-pyrrole nitrogens is 1. The molecule has 1 aromatic heterocycles. The van der Waals surface area contributed by atoms with Gasteiger partial charge < -0.3 is 14.6 Å². The summed E-state index contributed by atoms with van der Waals surface area (Å²) in [6, 6.07) is 8.01. The first-order valence-corrected chi connectivity index (χ1v) is 10.4. The summed E-state index contributed by atoms with van der Waals surface area (Å²) in [5.41, 5.74) is 6.95. The van der Waals surface area contributed by atoms with Gasteiger partial charge in [-0.1, -0.05) is 32.1 Å². The molecule has 0 fully saturated rings. The van der Waals surface area contributed by atoms with Gasteiger partial charge in [0.25, 0.3) is 5.91 Å². The fourth-order valence-electron chi connectivity index (χ4n) is 4.34. The molecule has 156 valence electrons. The number of aromatic nitrogens is 1. The van der Waals surface area contributed by atoms with E-state index in [2.05, 4.69) is 38.4 Å². The second kappa shape index (κ2) is 8.19. The highest BCUT2D eigenvalue weighted by molar-refractivity contribution is 5.99. The van der Waals surface area contributed by atoms with Crippen molar-refractivity contribution in [1.29, 1.82) is 0 Å². The lowest BCUT2D eigenvalue weighted by molar-refractivity contribution is 0.0633. The van der Waals surface area contributed by atoms with Crippen LogP contribution in [0.4, 0.5) is 0 Å². The van der Waals surface area contributed by atoms with E-state index in [1.54, 1.807) is 12.0 Å². The predicted octanol–water partition coefficient (Wildman–Crippen LogP) is 5.81. The van der Waals surface area contributed by atoms with Crippen molar-refractivity contribution in [2.24, 2.45) is 5.41 Å². The summed E-state index contributed by atoms with van der Waals surface area (Å²) in [6.45, 7) is 13.8. The van der Waals surface area contributed by atoms with Crippen molar-refractivity contribution in [3.8, 4) is 0 Å². The van der Waals surface area contributed by atoms with E-state index in [1.165, 1.54) is 17.6 Å². The topological polar surface area (TPSA) is 45.3 Å². The smallest absolute Gasteiger partial charge is 0.253 e. The Morgan fingerprint density at radius 3 is 2.72 bits per heavy atom. The Kier molecular flexibility index (Phi) is 6.04. The summed E-state index contributed by atoms with van der Waals surface area (Å²) in [6.07, 6.45) is 3.37. The minimum Gasteiger partial charge on any atom is -0.383 e. The fraction of sp³-hybridized carbons (Fsp3) is 0.480. The molecule has 1 amide bonds. The number of amides is 1. The predicted molar refractivity (Wildman–Crippen MR) is 121 cm³/mol. The molecule has 2 aromatic rings. The molecule has 1 aliphatic carbocycles. The number of hydrogen-bond donors (Lipinski definition) is 1. The largest absolute Gasteiger partial charge is 0.383 e. The van der Waals surface area contributed by atoms with E-state index in [0.29, 0.717) is 17.6 Å². The molecule has 0 spiro atoms. The molecule has 0 bridgehead atoms. The van der Waals surface area contributed by atoms with Gasteiger partial charge in [0.2, 0.25) is 0 Å². The number of likely N-dealkylation sites (N-methyl/N-ethyl adjacent to an activating group) is 1. The standard InChI is InChI=1S/C25H34N2O2/c1-16-14-25(4,5)11-10-21(16)18(3)22-12-19-8-9-20(13-23(19)26-22)24(28)27(6)17(2)15-29-7/h8-9,12-13,17,26H,3,10-11,14-15H2,1-2,4-7H3. The van der Waals surface area contributed by atoms with E-state index in [0.717, 1.165) is 35.0 Å². The molecule has 4 heteroatoms. The van der Waals surface area contributed by atoms with Gasteiger partial charge >= 0.3 is 0 Å². The van der Waals surface area contributed by atoms with Crippen LogP contribution in [0.2, 0.25) is 0 Å². The number of fused-ring (bicyclic) bond motifs is 1. The van der Waals surface area contributed by atoms with Crippen molar-refractivity contribution in [3.05, 3.63) is 53.2 Å². The summed E-state index contributed by atoms with van der Waals surface area (Å²) in [7, 11) is 3.47. The molecule has 1 heterocycles. The first-order chi connectivity index (χ1) is 13.6. The van der Waals surface area contributed by atoms with Gasteiger partial charge in [-0.15, -0.1) is 0 Å². The zero-order valence-electron chi connectivity index (χ0n) is 18.7. The second-order valence-electron chi connectivity index (χ2n) is 9.28. The average Bonchev–Trinajstić information content (AvgIpc) is 3.09. The number of rotatable bonds is 6. The van der Waals surface area contributed by atoms with Crippen molar-refractivity contribution in [1.82, 2.24) is 9.88 Å². The van der Waals surface area contributed by atoms with Gasteiger partial charge in [-0.25, -0.2) is 0 Å². The monoisotopic (exact) mass is 394 g/mol. The number of carbonyl (C=O) groups excluding carboxylic acids is 1. The van der Waals surface area contributed by atoms with Crippen LogP contribution in [0.3, 0.4) is 0 Å². The molecule has 0 saturated heterocycles. The maximum absolute atomic E-state index is 12.8. The summed E-state index contributed by atoms with van der Waals surface area (Å²) >= 11 is 0. The first-order valence-electron chi connectivity index (χ1n) is 10.4. The normalized spacial score (nSPS) is 17.4. The van der Waals surface area contributed by atoms with Crippen molar-refractivity contribution in [2.45, 2.75) is 53.0 Å². The Hall–Kier alpha value is -2.33. The number of ether oxygens (including phenoxy) is 1. The van der Waals surface area contributed by atoms with E-state index >= 15 is 0 Å².